The van der Waals surface area contributed by atoms with E-state index in [1.807, 2.05) is 24.3 Å². The molecule has 0 aliphatic rings. The molecule has 2 aromatic rings. The molecule has 2 rings (SSSR count). The molecule has 0 saturated carbocycles. The Bertz CT molecular complexity index is 558. The third-order valence-corrected chi connectivity index (χ3v) is 3.16. The van der Waals surface area contributed by atoms with Crippen LogP contribution in [0.25, 0.3) is 23.1 Å². The maximum Gasteiger partial charge on any atom is 0.0712 e. The fourth-order valence-electron chi connectivity index (χ4n) is 1.84. The number of fused-ring (bicyclic) bond motifs is 1. The van der Waals surface area contributed by atoms with Crippen molar-refractivity contribution in [3.63, 3.8) is 0 Å². The van der Waals surface area contributed by atoms with Gasteiger partial charge in [-0.15, -0.1) is 0 Å². The summed E-state index contributed by atoms with van der Waals surface area (Å²) in [6, 6.07) is 8.12. The summed E-state index contributed by atoms with van der Waals surface area (Å²) in [6.07, 6.45) is 3.61. The lowest BCUT2D eigenvalue weighted by molar-refractivity contribution is 1.31. The van der Waals surface area contributed by atoms with Crippen molar-refractivity contribution in [1.29, 1.82) is 0 Å². The minimum absolute atomic E-state index is 0.790. The predicted molar refractivity (Wildman–Crippen MR) is 74.6 cm³/mol. The molecular formula is C14H12BrN. The Kier molecular flexibility index (Phi) is 3.20. The third-order valence-electron chi connectivity index (χ3n) is 2.60. The lowest BCUT2D eigenvalue weighted by Gasteiger charge is -2.10. The topological polar surface area (TPSA) is 12.9 Å². The van der Waals surface area contributed by atoms with Crippen molar-refractivity contribution >= 4 is 39.0 Å². The van der Waals surface area contributed by atoms with E-state index in [9.17, 15) is 0 Å². The van der Waals surface area contributed by atoms with Crippen LogP contribution >= 0.6 is 15.9 Å². The fourth-order valence-corrected chi connectivity index (χ4v) is 2.45. The van der Waals surface area contributed by atoms with Crippen LogP contribution in [0.2, 0.25) is 0 Å². The number of aromatic nitrogens is 1. The largest absolute Gasteiger partial charge is 0.248 e. The summed E-state index contributed by atoms with van der Waals surface area (Å²) in [6.45, 7) is 7.64. The van der Waals surface area contributed by atoms with Crippen molar-refractivity contribution in [3.8, 4) is 0 Å². The van der Waals surface area contributed by atoms with Crippen LogP contribution in [0.1, 0.15) is 16.8 Å². The van der Waals surface area contributed by atoms with E-state index in [0.29, 0.717) is 0 Å². The molecule has 0 aliphatic heterocycles. The Balaban J connectivity index is 2.93. The zero-order valence-corrected chi connectivity index (χ0v) is 10.5. The second-order valence-electron chi connectivity index (χ2n) is 3.45. The summed E-state index contributed by atoms with van der Waals surface area (Å²) in [7, 11) is 0. The molecule has 1 nitrogen and oxygen atoms in total. The van der Waals surface area contributed by atoms with E-state index >= 15 is 0 Å². The van der Waals surface area contributed by atoms with E-state index in [4.69, 9.17) is 0 Å². The summed E-state index contributed by atoms with van der Waals surface area (Å²) in [5, 5.41) is 1.96. The van der Waals surface area contributed by atoms with Gasteiger partial charge in [-0.05, 0) is 17.7 Å². The number of hydrogen-bond donors (Lipinski definition) is 0. The van der Waals surface area contributed by atoms with Gasteiger partial charge in [0.25, 0.3) is 0 Å². The molecular weight excluding hydrogens is 262 g/mol. The molecule has 1 aromatic heterocycles. The van der Waals surface area contributed by atoms with Crippen LogP contribution in [-0.2, 0) is 5.33 Å². The molecule has 16 heavy (non-hydrogen) atoms. The Hall–Kier alpha value is -1.41. The highest BCUT2D eigenvalue weighted by molar-refractivity contribution is 9.08. The van der Waals surface area contributed by atoms with Crippen LogP contribution in [0.15, 0.2) is 37.4 Å². The Labute approximate surface area is 104 Å². The average Bonchev–Trinajstić information content (AvgIpc) is 2.36. The van der Waals surface area contributed by atoms with Gasteiger partial charge in [-0.3, -0.25) is 0 Å². The lowest BCUT2D eigenvalue weighted by Crippen LogP contribution is -1.95. The highest BCUT2D eigenvalue weighted by Gasteiger charge is 2.09. The molecule has 0 spiro atoms. The number of nitrogens with zero attached hydrogens (tertiary/aromatic N) is 1. The summed E-state index contributed by atoms with van der Waals surface area (Å²) < 4.78 is 0. The highest BCUT2D eigenvalue weighted by atomic mass is 79.9. The molecule has 0 bridgehead atoms. The number of alkyl halides is 1. The van der Waals surface area contributed by atoms with Gasteiger partial charge in [0, 0.05) is 16.3 Å². The molecule has 0 N–H and O–H groups in total. The Morgan fingerprint density at radius 1 is 1.19 bits per heavy atom. The summed E-state index contributed by atoms with van der Waals surface area (Å²) in [5.41, 5.74) is 4.17. The lowest BCUT2D eigenvalue weighted by atomic mass is 10.0. The van der Waals surface area contributed by atoms with Crippen LogP contribution in [0.5, 0.6) is 0 Å². The molecule has 0 aliphatic carbocycles. The maximum atomic E-state index is 4.56. The first-order chi connectivity index (χ1) is 7.81. The fraction of sp³-hybridized carbons (Fsp3) is 0.0714. The minimum Gasteiger partial charge on any atom is -0.248 e. The van der Waals surface area contributed by atoms with Gasteiger partial charge in [0.05, 0.1) is 11.2 Å². The van der Waals surface area contributed by atoms with Crippen molar-refractivity contribution in [2.45, 2.75) is 5.33 Å². The van der Waals surface area contributed by atoms with E-state index in [0.717, 1.165) is 22.1 Å². The van der Waals surface area contributed by atoms with Crippen molar-refractivity contribution in [3.05, 3.63) is 54.2 Å². The molecule has 0 atom stereocenters. The first kappa shape index (κ1) is 11.1. The molecule has 2 heteroatoms. The number of rotatable bonds is 3. The van der Waals surface area contributed by atoms with E-state index in [1.165, 1.54) is 10.9 Å². The van der Waals surface area contributed by atoms with Gasteiger partial charge in [-0.1, -0.05) is 53.4 Å². The van der Waals surface area contributed by atoms with Gasteiger partial charge in [-0.25, -0.2) is 4.98 Å². The minimum atomic E-state index is 0.790. The van der Waals surface area contributed by atoms with Gasteiger partial charge in [-0.2, -0.15) is 0 Å². The predicted octanol–water partition coefficient (Wildman–Crippen LogP) is 4.42. The molecule has 0 radical (unpaired) electrons. The first-order valence-corrected chi connectivity index (χ1v) is 6.16. The van der Waals surface area contributed by atoms with E-state index in [-0.39, 0.29) is 0 Å². The van der Waals surface area contributed by atoms with Gasteiger partial charge < -0.3 is 0 Å². The number of halogens is 1. The number of pyridine rings is 1. The zero-order chi connectivity index (χ0) is 11.5. The Morgan fingerprint density at radius 2 is 1.94 bits per heavy atom. The van der Waals surface area contributed by atoms with Gasteiger partial charge in [0.1, 0.15) is 0 Å². The monoisotopic (exact) mass is 273 g/mol. The number of hydrogen-bond acceptors (Lipinski definition) is 1. The second kappa shape index (κ2) is 4.62. The SMILES string of the molecule is C=Cc1nc2ccccc2c(CBr)c1C=C. The van der Waals surface area contributed by atoms with Crippen molar-refractivity contribution in [2.75, 3.05) is 0 Å². The quantitative estimate of drug-likeness (QED) is 0.755. The first-order valence-electron chi connectivity index (χ1n) is 5.04. The van der Waals surface area contributed by atoms with Gasteiger partial charge in [0.2, 0.25) is 0 Å². The highest BCUT2D eigenvalue weighted by Crippen LogP contribution is 2.26. The van der Waals surface area contributed by atoms with Gasteiger partial charge in [0.15, 0.2) is 0 Å². The van der Waals surface area contributed by atoms with Gasteiger partial charge >= 0.3 is 0 Å². The molecule has 1 aromatic carbocycles. The average molecular weight is 274 g/mol. The van der Waals surface area contributed by atoms with E-state index < -0.39 is 0 Å². The molecule has 0 fully saturated rings. The van der Waals surface area contributed by atoms with Crippen molar-refractivity contribution in [2.24, 2.45) is 0 Å². The smallest absolute Gasteiger partial charge is 0.0712 e. The third kappa shape index (κ3) is 1.69. The second-order valence-corrected chi connectivity index (χ2v) is 4.01. The van der Waals surface area contributed by atoms with Crippen LogP contribution in [-0.4, -0.2) is 4.98 Å². The molecule has 80 valence electrons. The molecule has 0 unspecified atom stereocenters. The summed E-state index contributed by atoms with van der Waals surface area (Å²) in [4.78, 5) is 4.56. The number of benzene rings is 1. The van der Waals surface area contributed by atoms with Crippen LogP contribution in [0.4, 0.5) is 0 Å². The zero-order valence-electron chi connectivity index (χ0n) is 8.91. The molecule has 0 saturated heterocycles. The van der Waals surface area contributed by atoms with Crippen LogP contribution in [0.3, 0.4) is 0 Å². The molecule has 0 amide bonds. The normalized spacial score (nSPS) is 10.3. The maximum absolute atomic E-state index is 4.56. The van der Waals surface area contributed by atoms with Crippen molar-refractivity contribution in [1.82, 2.24) is 4.98 Å². The molecule has 1 heterocycles. The Morgan fingerprint density at radius 3 is 2.56 bits per heavy atom. The summed E-state index contributed by atoms with van der Waals surface area (Å²) in [5.74, 6) is 0. The standard InChI is InChI=1S/C14H12BrN/c1-3-10-12(9-15)11-7-5-6-8-14(11)16-13(10)4-2/h3-8H,1-2,9H2. The van der Waals surface area contributed by atoms with Crippen LogP contribution in [0, 0.1) is 0 Å². The van der Waals surface area contributed by atoms with Crippen molar-refractivity contribution < 1.29 is 0 Å². The van der Waals surface area contributed by atoms with E-state index in [2.05, 4.69) is 40.1 Å². The number of para-hydroxylation sites is 1. The summed E-state index contributed by atoms with van der Waals surface area (Å²) >= 11 is 3.52. The van der Waals surface area contributed by atoms with Crippen LogP contribution < -0.4 is 0 Å². The van der Waals surface area contributed by atoms with E-state index in [1.54, 1.807) is 6.08 Å².